The lowest BCUT2D eigenvalue weighted by atomic mass is 9.98. The van der Waals surface area contributed by atoms with Crippen LogP contribution in [-0.2, 0) is 4.74 Å². The van der Waals surface area contributed by atoms with E-state index in [-0.39, 0.29) is 5.82 Å². The second-order valence-corrected chi connectivity index (χ2v) is 4.83. The van der Waals surface area contributed by atoms with Gasteiger partial charge in [0.25, 0.3) is 0 Å². The van der Waals surface area contributed by atoms with Crippen LogP contribution in [0.1, 0.15) is 18.1 Å². The van der Waals surface area contributed by atoms with Crippen LogP contribution in [0.4, 0.5) is 9.18 Å². The summed E-state index contributed by atoms with van der Waals surface area (Å²) in [6.45, 7) is 0.442. The van der Waals surface area contributed by atoms with Crippen LogP contribution < -0.4 is 10.5 Å². The van der Waals surface area contributed by atoms with Gasteiger partial charge in [-0.2, -0.15) is 0 Å². The maximum atomic E-state index is 13.3. The molecule has 1 heterocycles. The Kier molecular flexibility index (Phi) is 3.48. The maximum absolute atomic E-state index is 13.3. The van der Waals surface area contributed by atoms with Gasteiger partial charge in [0.2, 0.25) is 0 Å². The summed E-state index contributed by atoms with van der Waals surface area (Å²) in [7, 11) is 0. The van der Waals surface area contributed by atoms with Crippen molar-refractivity contribution in [3.05, 3.63) is 53.8 Å². The molecule has 1 unspecified atom stereocenters. The summed E-state index contributed by atoms with van der Waals surface area (Å²) in [5, 5.41) is 0. The molecular formula is C16H14FNO3. The van der Waals surface area contributed by atoms with Gasteiger partial charge in [0.1, 0.15) is 17.7 Å². The SMILES string of the molecule is NC(=O)OC1CCOc2cc(-c3cccc(F)c3)ccc21. The van der Waals surface area contributed by atoms with Gasteiger partial charge in [0, 0.05) is 12.0 Å². The molecule has 0 aliphatic carbocycles. The predicted molar refractivity (Wildman–Crippen MR) is 75.4 cm³/mol. The second-order valence-electron chi connectivity index (χ2n) is 4.83. The largest absolute Gasteiger partial charge is 0.493 e. The summed E-state index contributed by atoms with van der Waals surface area (Å²) in [6, 6.07) is 11.8. The first-order chi connectivity index (χ1) is 10.1. The van der Waals surface area contributed by atoms with E-state index in [1.54, 1.807) is 6.07 Å². The van der Waals surface area contributed by atoms with Crippen molar-refractivity contribution in [2.24, 2.45) is 5.73 Å². The highest BCUT2D eigenvalue weighted by Gasteiger charge is 2.24. The van der Waals surface area contributed by atoms with Gasteiger partial charge in [0.05, 0.1) is 6.61 Å². The van der Waals surface area contributed by atoms with Crippen molar-refractivity contribution < 1.29 is 18.7 Å². The van der Waals surface area contributed by atoms with Crippen LogP contribution in [0.5, 0.6) is 5.75 Å². The monoisotopic (exact) mass is 287 g/mol. The number of halogens is 1. The van der Waals surface area contributed by atoms with Crippen LogP contribution in [0.2, 0.25) is 0 Å². The van der Waals surface area contributed by atoms with Crippen molar-refractivity contribution >= 4 is 6.09 Å². The van der Waals surface area contributed by atoms with Crippen molar-refractivity contribution in [2.75, 3.05) is 6.61 Å². The molecule has 0 aromatic heterocycles. The zero-order valence-electron chi connectivity index (χ0n) is 11.2. The fourth-order valence-electron chi connectivity index (χ4n) is 2.47. The lowest BCUT2D eigenvalue weighted by molar-refractivity contribution is 0.0766. The molecule has 0 spiro atoms. The third kappa shape index (κ3) is 2.81. The Hall–Kier alpha value is -2.56. The van der Waals surface area contributed by atoms with E-state index in [0.717, 1.165) is 16.7 Å². The molecule has 3 rings (SSSR count). The molecule has 1 aliphatic rings. The number of primary amides is 1. The molecule has 2 N–H and O–H groups in total. The number of nitrogens with two attached hydrogens (primary N) is 1. The average molecular weight is 287 g/mol. The van der Waals surface area contributed by atoms with Crippen LogP contribution in [0.3, 0.4) is 0 Å². The first-order valence-electron chi connectivity index (χ1n) is 6.62. The molecular weight excluding hydrogens is 273 g/mol. The summed E-state index contributed by atoms with van der Waals surface area (Å²) in [4.78, 5) is 10.9. The van der Waals surface area contributed by atoms with Gasteiger partial charge >= 0.3 is 6.09 Å². The highest BCUT2D eigenvalue weighted by Crippen LogP contribution is 2.37. The minimum absolute atomic E-state index is 0.291. The van der Waals surface area contributed by atoms with E-state index in [4.69, 9.17) is 15.2 Å². The number of rotatable bonds is 2. The van der Waals surface area contributed by atoms with Crippen molar-refractivity contribution in [1.29, 1.82) is 0 Å². The van der Waals surface area contributed by atoms with Crippen molar-refractivity contribution in [1.82, 2.24) is 0 Å². The van der Waals surface area contributed by atoms with Gasteiger partial charge in [0.15, 0.2) is 0 Å². The summed E-state index contributed by atoms with van der Waals surface area (Å²) in [5.41, 5.74) is 7.46. The Balaban J connectivity index is 1.96. The van der Waals surface area contributed by atoms with E-state index in [0.29, 0.717) is 18.8 Å². The van der Waals surface area contributed by atoms with Crippen LogP contribution >= 0.6 is 0 Å². The predicted octanol–water partition coefficient (Wildman–Crippen LogP) is 3.41. The van der Waals surface area contributed by atoms with Gasteiger partial charge in [-0.15, -0.1) is 0 Å². The number of carbonyl (C=O) groups excluding carboxylic acids is 1. The molecule has 2 aromatic carbocycles. The lowest BCUT2D eigenvalue weighted by Gasteiger charge is -2.25. The normalized spacial score (nSPS) is 16.7. The number of hydrogen-bond donors (Lipinski definition) is 1. The van der Waals surface area contributed by atoms with Gasteiger partial charge in [-0.1, -0.05) is 24.3 Å². The van der Waals surface area contributed by atoms with E-state index in [1.807, 2.05) is 24.3 Å². The van der Waals surface area contributed by atoms with Crippen molar-refractivity contribution in [2.45, 2.75) is 12.5 Å². The standard InChI is InChI=1S/C16H14FNO3/c17-12-3-1-2-10(8-12)11-4-5-13-14(21-16(18)19)6-7-20-15(13)9-11/h1-5,8-9,14H,6-7H2,(H2,18,19). The third-order valence-electron chi connectivity index (χ3n) is 3.41. The van der Waals surface area contributed by atoms with Crippen LogP contribution in [0, 0.1) is 5.82 Å². The van der Waals surface area contributed by atoms with Gasteiger partial charge in [-0.25, -0.2) is 9.18 Å². The number of hydrogen-bond acceptors (Lipinski definition) is 3. The number of benzene rings is 2. The molecule has 4 nitrogen and oxygen atoms in total. The average Bonchev–Trinajstić information content (AvgIpc) is 2.46. The van der Waals surface area contributed by atoms with E-state index in [2.05, 4.69) is 0 Å². The van der Waals surface area contributed by atoms with Gasteiger partial charge < -0.3 is 15.2 Å². The minimum Gasteiger partial charge on any atom is -0.493 e. The van der Waals surface area contributed by atoms with Crippen LogP contribution in [0.15, 0.2) is 42.5 Å². The number of amides is 1. The first kappa shape index (κ1) is 13.4. The Bertz CT molecular complexity index is 687. The van der Waals surface area contributed by atoms with E-state index >= 15 is 0 Å². The van der Waals surface area contributed by atoms with E-state index in [1.165, 1.54) is 12.1 Å². The zero-order valence-corrected chi connectivity index (χ0v) is 11.2. The smallest absolute Gasteiger partial charge is 0.405 e. The Morgan fingerprint density at radius 3 is 2.81 bits per heavy atom. The highest BCUT2D eigenvalue weighted by atomic mass is 19.1. The molecule has 1 atom stereocenters. The lowest BCUT2D eigenvalue weighted by Crippen LogP contribution is -2.22. The Morgan fingerprint density at radius 1 is 1.24 bits per heavy atom. The fourth-order valence-corrected chi connectivity index (χ4v) is 2.47. The first-order valence-corrected chi connectivity index (χ1v) is 6.62. The number of carbonyl (C=O) groups is 1. The van der Waals surface area contributed by atoms with Gasteiger partial charge in [-0.05, 0) is 29.3 Å². The van der Waals surface area contributed by atoms with Crippen LogP contribution in [0.25, 0.3) is 11.1 Å². The van der Waals surface area contributed by atoms with Crippen LogP contribution in [-0.4, -0.2) is 12.7 Å². The summed E-state index contributed by atoms with van der Waals surface area (Å²) >= 11 is 0. The summed E-state index contributed by atoms with van der Waals surface area (Å²) in [6.07, 6.45) is -0.634. The third-order valence-corrected chi connectivity index (χ3v) is 3.41. The Morgan fingerprint density at radius 2 is 2.05 bits per heavy atom. The zero-order chi connectivity index (χ0) is 14.8. The second kappa shape index (κ2) is 5.44. The number of ether oxygens (including phenoxy) is 2. The van der Waals surface area contributed by atoms with E-state index < -0.39 is 12.2 Å². The fraction of sp³-hybridized carbons (Fsp3) is 0.188. The maximum Gasteiger partial charge on any atom is 0.405 e. The molecule has 1 aliphatic heterocycles. The molecule has 108 valence electrons. The minimum atomic E-state index is -0.804. The molecule has 0 radical (unpaired) electrons. The summed E-state index contributed by atoms with van der Waals surface area (Å²) in [5.74, 6) is 0.343. The summed E-state index contributed by atoms with van der Waals surface area (Å²) < 4.78 is 24.0. The molecule has 2 aromatic rings. The molecule has 21 heavy (non-hydrogen) atoms. The topological polar surface area (TPSA) is 61.6 Å². The number of fused-ring (bicyclic) bond motifs is 1. The molecule has 0 saturated heterocycles. The van der Waals surface area contributed by atoms with Gasteiger partial charge in [-0.3, -0.25) is 0 Å². The molecule has 1 amide bonds. The van der Waals surface area contributed by atoms with E-state index in [9.17, 15) is 9.18 Å². The quantitative estimate of drug-likeness (QED) is 0.920. The molecule has 0 fully saturated rings. The van der Waals surface area contributed by atoms with Crippen molar-refractivity contribution in [3.8, 4) is 16.9 Å². The van der Waals surface area contributed by atoms with Crippen molar-refractivity contribution in [3.63, 3.8) is 0 Å². The Labute approximate surface area is 121 Å². The highest BCUT2D eigenvalue weighted by molar-refractivity contribution is 5.68. The molecule has 5 heteroatoms. The molecule has 0 bridgehead atoms. The molecule has 0 saturated carbocycles.